The summed E-state index contributed by atoms with van der Waals surface area (Å²) in [5.41, 5.74) is 3.45. The van der Waals surface area contributed by atoms with Crippen molar-refractivity contribution < 1.29 is 33.8 Å². The summed E-state index contributed by atoms with van der Waals surface area (Å²) >= 11 is 6.67. The number of carboxylic acid groups (broad SMARTS) is 1. The number of aromatic nitrogens is 4. The summed E-state index contributed by atoms with van der Waals surface area (Å²) in [4.78, 5) is 72.7. The number of oxime groups is 1. The number of carbonyl (C=O) groups excluding carboxylic acids is 2. The number of thiol groups is 1. The third-order valence-corrected chi connectivity index (χ3v) is 8.31. The minimum absolute atomic E-state index is 0.0166. The van der Waals surface area contributed by atoms with E-state index in [0.29, 0.717) is 0 Å². The second-order valence-corrected chi connectivity index (χ2v) is 10.9. The SMILES string of the molecule is CON=C(C(=O)NC1C(=O)N2C(C(=O)O)=C(C=C(S)c3n[nH]c(=O)c(=O)n3CC(OC)OC)CSC12)c1csc(N)n1. The Balaban J connectivity index is 1.63. The number of ether oxygens (including phenoxy) is 2. The molecule has 0 saturated carbocycles. The standard InChI is InChI=1S/C22H24N8O9S3/c1-37-11(38-2)5-29-15(26-27-17(32)19(29)34)10(40)4-8-6-41-20-13(18(33)30(20)14(8)21(35)36)25-16(31)12(28-39-3)9-7-42-22(23)24-9/h4,7,11,13,20,40H,5-6H2,1-3H3,(H2,23,24)(H,25,31)(H,27,32)(H,35,36). The van der Waals surface area contributed by atoms with Crippen molar-refractivity contribution in [1.82, 2.24) is 30.0 Å². The number of hydrogen-bond donors (Lipinski definition) is 5. The summed E-state index contributed by atoms with van der Waals surface area (Å²) in [6.45, 7) is -0.217. The number of H-pyrrole nitrogens is 1. The number of nitrogens with two attached hydrogens (primary N) is 1. The third kappa shape index (κ3) is 5.97. The average Bonchev–Trinajstić information content (AvgIpc) is 3.40. The molecule has 1 saturated heterocycles. The minimum Gasteiger partial charge on any atom is -0.477 e. The molecule has 2 amide bonds. The fourth-order valence-corrected chi connectivity index (χ4v) is 6.26. The normalized spacial score (nSPS) is 19.1. The van der Waals surface area contributed by atoms with E-state index in [1.54, 1.807) is 0 Å². The Morgan fingerprint density at radius 1 is 1.33 bits per heavy atom. The number of carboxylic acids is 1. The molecule has 2 aromatic heterocycles. The van der Waals surface area contributed by atoms with E-state index in [1.807, 2.05) is 0 Å². The number of hydrogen-bond acceptors (Lipinski definition) is 15. The number of allylic oxidation sites excluding steroid dienone is 1. The molecule has 5 N–H and O–H groups in total. The molecule has 2 aliphatic rings. The molecule has 0 bridgehead atoms. The van der Waals surface area contributed by atoms with E-state index in [0.717, 1.165) is 20.8 Å². The maximum absolute atomic E-state index is 13.1. The topological polar surface area (TPSA) is 233 Å². The van der Waals surface area contributed by atoms with Gasteiger partial charge in [-0.15, -0.1) is 35.7 Å². The number of rotatable bonds is 11. The van der Waals surface area contributed by atoms with Gasteiger partial charge in [0, 0.05) is 30.3 Å². The first-order valence-electron chi connectivity index (χ1n) is 11.7. The minimum atomic E-state index is -1.41. The number of aliphatic carboxylic acids is 1. The van der Waals surface area contributed by atoms with Crippen LogP contribution in [0.1, 0.15) is 11.5 Å². The zero-order valence-corrected chi connectivity index (χ0v) is 24.6. The number of nitrogen functional groups attached to an aromatic ring is 1. The van der Waals surface area contributed by atoms with Crippen molar-refractivity contribution >= 4 is 69.3 Å². The van der Waals surface area contributed by atoms with Gasteiger partial charge >= 0.3 is 17.1 Å². The Morgan fingerprint density at radius 2 is 2.05 bits per heavy atom. The molecule has 4 rings (SSSR count). The van der Waals surface area contributed by atoms with Gasteiger partial charge in [-0.05, 0) is 11.6 Å². The Bertz CT molecular complexity index is 1620. The Morgan fingerprint density at radius 3 is 2.64 bits per heavy atom. The smallest absolute Gasteiger partial charge is 0.352 e. The number of thioether (sulfide) groups is 1. The first-order chi connectivity index (χ1) is 20.0. The van der Waals surface area contributed by atoms with Crippen LogP contribution < -0.4 is 22.2 Å². The number of nitrogens with zero attached hydrogens (tertiary/aromatic N) is 5. The van der Waals surface area contributed by atoms with Crippen molar-refractivity contribution in [2.24, 2.45) is 5.16 Å². The molecular formula is C22H24N8O9S3. The lowest BCUT2D eigenvalue weighted by molar-refractivity contribution is -0.150. The van der Waals surface area contributed by atoms with Crippen LogP contribution in [0.25, 0.3) is 4.91 Å². The zero-order valence-electron chi connectivity index (χ0n) is 22.1. The highest BCUT2D eigenvalue weighted by molar-refractivity contribution is 8.00. The van der Waals surface area contributed by atoms with Crippen LogP contribution in [-0.2, 0) is 35.2 Å². The molecule has 0 radical (unpaired) electrons. The highest BCUT2D eigenvalue weighted by Gasteiger charge is 2.54. The molecule has 17 nitrogen and oxygen atoms in total. The molecule has 2 aliphatic heterocycles. The van der Waals surface area contributed by atoms with Crippen LogP contribution in [0.2, 0.25) is 0 Å². The molecule has 4 heterocycles. The maximum Gasteiger partial charge on any atom is 0.352 e. The molecule has 42 heavy (non-hydrogen) atoms. The molecule has 2 aromatic rings. The highest BCUT2D eigenvalue weighted by Crippen LogP contribution is 2.41. The van der Waals surface area contributed by atoms with Gasteiger partial charge in [-0.25, -0.2) is 14.9 Å². The number of nitrogens with one attached hydrogen (secondary N) is 2. The molecule has 0 aliphatic carbocycles. The zero-order chi connectivity index (χ0) is 30.7. The van der Waals surface area contributed by atoms with Gasteiger partial charge in [0.05, 0.1) is 6.54 Å². The van der Waals surface area contributed by atoms with Crippen molar-refractivity contribution in [3.8, 4) is 0 Å². The highest BCUT2D eigenvalue weighted by atomic mass is 32.2. The van der Waals surface area contributed by atoms with Crippen LogP contribution in [0.15, 0.2) is 37.5 Å². The van der Waals surface area contributed by atoms with Gasteiger partial charge in [-0.1, -0.05) is 5.16 Å². The van der Waals surface area contributed by atoms with E-state index in [2.05, 4.69) is 38.3 Å². The molecule has 2 atom stereocenters. The number of anilines is 1. The summed E-state index contributed by atoms with van der Waals surface area (Å²) in [6.07, 6.45) is 0.426. The predicted octanol–water partition coefficient (Wildman–Crippen LogP) is -1.35. The van der Waals surface area contributed by atoms with Crippen molar-refractivity contribution in [2.45, 2.75) is 24.3 Å². The van der Waals surface area contributed by atoms with Gasteiger partial charge < -0.3 is 30.5 Å². The molecule has 0 spiro atoms. The second-order valence-electron chi connectivity index (χ2n) is 8.46. The number of fused-ring (bicyclic) bond motifs is 1. The van der Waals surface area contributed by atoms with Crippen LogP contribution in [0.5, 0.6) is 0 Å². The maximum atomic E-state index is 13.1. The first kappa shape index (κ1) is 31.0. The molecule has 1 fully saturated rings. The van der Waals surface area contributed by atoms with Crippen LogP contribution >= 0.6 is 35.7 Å². The van der Waals surface area contributed by atoms with E-state index in [4.69, 9.17) is 20.0 Å². The van der Waals surface area contributed by atoms with Crippen molar-refractivity contribution in [1.29, 1.82) is 0 Å². The Labute approximate surface area is 249 Å². The number of amides is 2. The van der Waals surface area contributed by atoms with E-state index in [-0.39, 0.29) is 50.8 Å². The number of carbonyl (C=O) groups is 3. The van der Waals surface area contributed by atoms with Crippen LogP contribution in [0.4, 0.5) is 5.13 Å². The summed E-state index contributed by atoms with van der Waals surface area (Å²) < 4.78 is 11.2. The third-order valence-electron chi connectivity index (χ3n) is 6.01. The van der Waals surface area contributed by atoms with Crippen LogP contribution in [0.3, 0.4) is 0 Å². The number of β-lactam (4-membered cyclic amide) rings is 1. The van der Waals surface area contributed by atoms with Gasteiger partial charge in [0.25, 0.3) is 11.8 Å². The first-order valence-corrected chi connectivity index (χ1v) is 14.1. The fourth-order valence-electron chi connectivity index (χ4n) is 4.08. The van der Waals surface area contributed by atoms with Gasteiger partial charge in [-0.2, -0.15) is 5.10 Å². The Kier molecular flexibility index (Phi) is 9.51. The van der Waals surface area contributed by atoms with Gasteiger partial charge in [0.15, 0.2) is 23.0 Å². The quantitative estimate of drug-likeness (QED) is 0.0478. The molecule has 0 aromatic carbocycles. The number of aromatic amines is 1. The lowest BCUT2D eigenvalue weighted by Gasteiger charge is -2.49. The monoisotopic (exact) mass is 640 g/mol. The summed E-state index contributed by atoms with van der Waals surface area (Å²) in [7, 11) is 3.92. The lowest BCUT2D eigenvalue weighted by atomic mass is 10.0. The Hall–Kier alpha value is -3.98. The lowest BCUT2D eigenvalue weighted by Crippen LogP contribution is -2.71. The average molecular weight is 641 g/mol. The summed E-state index contributed by atoms with van der Waals surface area (Å²) in [5, 5.41) is 23.2. The second kappa shape index (κ2) is 12.9. The molecule has 20 heteroatoms. The molecule has 2 unspecified atom stereocenters. The van der Waals surface area contributed by atoms with E-state index < -0.39 is 46.6 Å². The van der Waals surface area contributed by atoms with Crippen LogP contribution in [-0.4, -0.2) is 98.0 Å². The fraction of sp³-hybridized carbons (Fsp3) is 0.364. The van der Waals surface area contributed by atoms with Gasteiger partial charge in [-0.3, -0.25) is 28.6 Å². The van der Waals surface area contributed by atoms with Crippen molar-refractivity contribution in [3.63, 3.8) is 0 Å². The van der Waals surface area contributed by atoms with Crippen molar-refractivity contribution in [2.75, 3.05) is 32.8 Å². The summed E-state index contributed by atoms with van der Waals surface area (Å²) in [6, 6.07) is -1.07. The molecule has 224 valence electrons. The van der Waals surface area contributed by atoms with E-state index >= 15 is 0 Å². The van der Waals surface area contributed by atoms with E-state index in [1.165, 1.54) is 44.5 Å². The largest absolute Gasteiger partial charge is 0.477 e. The predicted molar refractivity (Wildman–Crippen MR) is 154 cm³/mol. The number of methoxy groups -OCH3 is 2. The number of thiazole rings is 1. The van der Waals surface area contributed by atoms with Crippen LogP contribution in [0, 0.1) is 0 Å². The summed E-state index contributed by atoms with van der Waals surface area (Å²) in [5.74, 6) is -2.87. The van der Waals surface area contributed by atoms with E-state index in [9.17, 15) is 29.1 Å². The molecular weight excluding hydrogens is 616 g/mol. The van der Waals surface area contributed by atoms with Gasteiger partial charge in [0.2, 0.25) is 0 Å². The van der Waals surface area contributed by atoms with Crippen molar-refractivity contribution in [3.05, 3.63) is 55.0 Å². The van der Waals surface area contributed by atoms with Gasteiger partial charge in [0.1, 0.15) is 29.9 Å².